The van der Waals surface area contributed by atoms with Gasteiger partial charge in [-0.25, -0.2) is 0 Å². The molecule has 0 saturated carbocycles. The fraction of sp³-hybridized carbons (Fsp3) is 0.188. The van der Waals surface area contributed by atoms with Gasteiger partial charge in [0, 0.05) is 27.1 Å². The lowest BCUT2D eigenvalue weighted by Gasteiger charge is -2.05. The molecule has 1 unspecified atom stereocenters. The second kappa shape index (κ2) is 7.38. The Morgan fingerprint density at radius 2 is 1.90 bits per heavy atom. The van der Waals surface area contributed by atoms with Gasteiger partial charge in [0.25, 0.3) is 0 Å². The zero-order valence-corrected chi connectivity index (χ0v) is 13.1. The SMILES string of the molecule is COc1cccc(C(=O)CS(=O)Cc2ccc(Cl)cc2)c1. The van der Waals surface area contributed by atoms with Crippen molar-refractivity contribution < 1.29 is 13.7 Å². The van der Waals surface area contributed by atoms with Crippen molar-refractivity contribution in [1.29, 1.82) is 0 Å². The number of ketones is 1. The molecule has 0 amide bonds. The van der Waals surface area contributed by atoms with Gasteiger partial charge in [0.15, 0.2) is 5.78 Å². The van der Waals surface area contributed by atoms with Gasteiger partial charge < -0.3 is 4.74 Å². The van der Waals surface area contributed by atoms with Gasteiger partial charge in [0.1, 0.15) is 5.75 Å². The van der Waals surface area contributed by atoms with E-state index in [2.05, 4.69) is 0 Å². The van der Waals surface area contributed by atoms with E-state index in [0.717, 1.165) is 5.56 Å². The Bertz CT molecular complexity index is 653. The van der Waals surface area contributed by atoms with Crippen molar-refractivity contribution in [3.05, 3.63) is 64.7 Å². The van der Waals surface area contributed by atoms with Crippen LogP contribution in [-0.4, -0.2) is 22.9 Å². The van der Waals surface area contributed by atoms with Crippen molar-refractivity contribution >= 4 is 28.2 Å². The minimum absolute atomic E-state index is 0.00417. The summed E-state index contributed by atoms with van der Waals surface area (Å²) in [5.41, 5.74) is 1.41. The molecule has 0 heterocycles. The van der Waals surface area contributed by atoms with Crippen LogP contribution in [0.3, 0.4) is 0 Å². The lowest BCUT2D eigenvalue weighted by atomic mass is 10.1. The summed E-state index contributed by atoms with van der Waals surface area (Å²) in [7, 11) is 0.294. The third kappa shape index (κ3) is 4.69. The summed E-state index contributed by atoms with van der Waals surface area (Å²) < 4.78 is 17.1. The molecule has 0 aliphatic carbocycles. The Morgan fingerprint density at radius 3 is 2.57 bits per heavy atom. The van der Waals surface area contributed by atoms with Gasteiger partial charge in [-0.2, -0.15) is 0 Å². The number of benzene rings is 2. The lowest BCUT2D eigenvalue weighted by Crippen LogP contribution is -2.12. The standard InChI is InChI=1S/C16H15ClO3S/c1-20-15-4-2-3-13(9-15)16(18)11-21(19)10-12-5-7-14(17)8-6-12/h2-9H,10-11H2,1H3. The van der Waals surface area contributed by atoms with Crippen LogP contribution in [0.1, 0.15) is 15.9 Å². The molecule has 2 rings (SSSR count). The number of methoxy groups -OCH3 is 1. The predicted molar refractivity (Wildman–Crippen MR) is 85.5 cm³/mol. The second-order valence-electron chi connectivity index (χ2n) is 4.51. The van der Waals surface area contributed by atoms with Crippen LogP contribution in [0.25, 0.3) is 0 Å². The van der Waals surface area contributed by atoms with Gasteiger partial charge in [-0.15, -0.1) is 0 Å². The Morgan fingerprint density at radius 1 is 1.19 bits per heavy atom. The zero-order valence-electron chi connectivity index (χ0n) is 11.5. The van der Waals surface area contributed by atoms with Crippen LogP contribution < -0.4 is 4.74 Å². The molecule has 0 fully saturated rings. The quantitative estimate of drug-likeness (QED) is 0.765. The molecule has 0 bridgehead atoms. The van der Waals surface area contributed by atoms with Gasteiger partial charge in [-0.3, -0.25) is 9.00 Å². The van der Waals surface area contributed by atoms with E-state index in [-0.39, 0.29) is 11.5 Å². The van der Waals surface area contributed by atoms with Crippen molar-refractivity contribution in [2.45, 2.75) is 5.75 Å². The van der Waals surface area contributed by atoms with E-state index < -0.39 is 10.8 Å². The first-order valence-corrected chi connectivity index (χ1v) is 8.22. The number of Topliss-reactive ketones (excluding diaryl/α,β-unsaturated/α-hetero) is 1. The molecule has 2 aromatic carbocycles. The number of carbonyl (C=O) groups is 1. The van der Waals surface area contributed by atoms with E-state index in [1.54, 1.807) is 43.5 Å². The van der Waals surface area contributed by atoms with Crippen LogP contribution in [-0.2, 0) is 16.6 Å². The minimum atomic E-state index is -1.25. The lowest BCUT2D eigenvalue weighted by molar-refractivity contribution is 0.102. The summed E-state index contributed by atoms with van der Waals surface area (Å²) in [5, 5.41) is 0.636. The highest BCUT2D eigenvalue weighted by atomic mass is 35.5. The molecule has 0 aliphatic heterocycles. The van der Waals surface area contributed by atoms with Crippen LogP contribution >= 0.6 is 11.6 Å². The molecule has 0 radical (unpaired) electrons. The van der Waals surface area contributed by atoms with Crippen LogP contribution in [0.2, 0.25) is 5.02 Å². The van der Waals surface area contributed by atoms with Crippen LogP contribution in [0.15, 0.2) is 48.5 Å². The first kappa shape index (κ1) is 15.7. The van der Waals surface area contributed by atoms with Crippen LogP contribution in [0.4, 0.5) is 0 Å². The van der Waals surface area contributed by atoms with Gasteiger partial charge in [0.2, 0.25) is 0 Å². The third-order valence-electron chi connectivity index (χ3n) is 2.92. The highest BCUT2D eigenvalue weighted by Crippen LogP contribution is 2.15. The number of hydrogen-bond acceptors (Lipinski definition) is 3. The first-order valence-electron chi connectivity index (χ1n) is 6.35. The normalized spacial score (nSPS) is 11.9. The van der Waals surface area contributed by atoms with Crippen molar-refractivity contribution in [1.82, 2.24) is 0 Å². The molecule has 110 valence electrons. The molecule has 2 aromatic rings. The minimum Gasteiger partial charge on any atom is -0.497 e. The van der Waals surface area contributed by atoms with Crippen molar-refractivity contribution in [3.63, 3.8) is 0 Å². The summed E-state index contributed by atoms with van der Waals surface area (Å²) in [6.45, 7) is 0. The largest absolute Gasteiger partial charge is 0.497 e. The van der Waals surface area contributed by atoms with E-state index in [1.165, 1.54) is 0 Å². The highest BCUT2D eigenvalue weighted by molar-refractivity contribution is 7.85. The Hall–Kier alpha value is -1.65. The molecule has 5 heteroatoms. The Balaban J connectivity index is 1.98. The smallest absolute Gasteiger partial charge is 0.175 e. The second-order valence-corrected chi connectivity index (χ2v) is 6.40. The zero-order chi connectivity index (χ0) is 15.2. The number of rotatable bonds is 6. The maximum Gasteiger partial charge on any atom is 0.175 e. The fourth-order valence-corrected chi connectivity index (χ4v) is 3.10. The molecule has 0 aromatic heterocycles. The van der Waals surface area contributed by atoms with Crippen molar-refractivity contribution in [3.8, 4) is 5.75 Å². The summed E-state index contributed by atoms with van der Waals surface area (Å²) in [6, 6.07) is 14.0. The summed E-state index contributed by atoms with van der Waals surface area (Å²) in [4.78, 5) is 12.1. The van der Waals surface area contributed by atoms with Crippen molar-refractivity contribution in [2.75, 3.05) is 12.9 Å². The number of ether oxygens (including phenoxy) is 1. The highest BCUT2D eigenvalue weighted by Gasteiger charge is 2.12. The van der Waals surface area contributed by atoms with Gasteiger partial charge in [0.05, 0.1) is 12.9 Å². The van der Waals surface area contributed by atoms with E-state index in [0.29, 0.717) is 22.1 Å². The van der Waals surface area contributed by atoms with Gasteiger partial charge in [-0.05, 0) is 29.8 Å². The maximum atomic E-state index is 12.1. The predicted octanol–water partition coefficient (Wildman–Crippen LogP) is 3.48. The molecule has 0 saturated heterocycles. The van der Waals surface area contributed by atoms with Gasteiger partial charge >= 0.3 is 0 Å². The maximum absolute atomic E-state index is 12.1. The van der Waals surface area contributed by atoms with Crippen LogP contribution in [0, 0.1) is 0 Å². The molecule has 3 nitrogen and oxygen atoms in total. The number of hydrogen-bond donors (Lipinski definition) is 0. The van der Waals surface area contributed by atoms with Crippen molar-refractivity contribution in [2.24, 2.45) is 0 Å². The Labute approximate surface area is 131 Å². The van der Waals surface area contributed by atoms with E-state index in [9.17, 15) is 9.00 Å². The van der Waals surface area contributed by atoms with E-state index >= 15 is 0 Å². The molecule has 0 N–H and O–H groups in total. The average Bonchev–Trinajstić information content (AvgIpc) is 2.49. The third-order valence-corrected chi connectivity index (χ3v) is 4.42. The topological polar surface area (TPSA) is 43.4 Å². The summed E-state index contributed by atoms with van der Waals surface area (Å²) in [6.07, 6.45) is 0. The first-order chi connectivity index (χ1) is 10.1. The summed E-state index contributed by atoms with van der Waals surface area (Å²) in [5.74, 6) is 0.799. The van der Waals surface area contributed by atoms with Gasteiger partial charge in [-0.1, -0.05) is 35.9 Å². The Kier molecular flexibility index (Phi) is 5.53. The average molecular weight is 323 g/mol. The fourth-order valence-electron chi connectivity index (χ4n) is 1.84. The molecular formula is C16H15ClO3S. The number of carbonyl (C=O) groups excluding carboxylic acids is 1. The molecule has 0 aliphatic rings. The number of halogens is 1. The molecule has 1 atom stereocenters. The monoisotopic (exact) mass is 322 g/mol. The van der Waals surface area contributed by atoms with Crippen LogP contribution in [0.5, 0.6) is 5.75 Å². The molecular weight excluding hydrogens is 308 g/mol. The summed E-state index contributed by atoms with van der Waals surface area (Å²) >= 11 is 5.80. The van der Waals surface area contributed by atoms with E-state index in [1.807, 2.05) is 12.1 Å². The van der Waals surface area contributed by atoms with E-state index in [4.69, 9.17) is 16.3 Å². The molecule has 21 heavy (non-hydrogen) atoms. The molecule has 0 spiro atoms.